The first-order chi connectivity index (χ1) is 14.7. The molecule has 1 aromatic heterocycles. The van der Waals surface area contributed by atoms with Crippen LogP contribution in [0.25, 0.3) is 10.4 Å². The van der Waals surface area contributed by atoms with Crippen molar-refractivity contribution in [2.75, 3.05) is 24.5 Å². The summed E-state index contributed by atoms with van der Waals surface area (Å²) >= 11 is 0. The third kappa shape index (κ3) is 5.91. The lowest BCUT2D eigenvalue weighted by Crippen LogP contribution is -2.53. The fourth-order valence-corrected chi connectivity index (χ4v) is 4.06. The molecule has 9 nitrogen and oxygen atoms in total. The molecule has 31 heavy (non-hydrogen) atoms. The van der Waals surface area contributed by atoms with Crippen molar-refractivity contribution in [3.63, 3.8) is 0 Å². The summed E-state index contributed by atoms with van der Waals surface area (Å²) in [6, 6.07) is 1.11. The number of anilines is 1. The van der Waals surface area contributed by atoms with E-state index in [1.165, 1.54) is 12.5 Å². The number of halogens is 1. The molecule has 0 radical (unpaired) electrons. The normalized spacial score (nSPS) is 19.4. The van der Waals surface area contributed by atoms with Crippen LogP contribution in [0.1, 0.15) is 52.9 Å². The first-order valence-corrected chi connectivity index (χ1v) is 10.8. The molecule has 2 aliphatic rings. The van der Waals surface area contributed by atoms with Crippen LogP contribution in [0.4, 0.5) is 14.9 Å². The smallest absolute Gasteiger partial charge is 0.410 e. The summed E-state index contributed by atoms with van der Waals surface area (Å²) in [5, 5.41) is 3.32. The van der Waals surface area contributed by atoms with Gasteiger partial charge in [0.1, 0.15) is 12.3 Å². The lowest BCUT2D eigenvalue weighted by atomic mass is 9.84. The number of pyridine rings is 1. The Bertz CT molecular complexity index is 901. The Morgan fingerprint density at radius 2 is 2.10 bits per heavy atom. The largest absolute Gasteiger partial charge is 0.444 e. The molecule has 0 bridgehead atoms. The van der Waals surface area contributed by atoms with Gasteiger partial charge in [0.05, 0.1) is 11.7 Å². The van der Waals surface area contributed by atoms with E-state index in [2.05, 4.69) is 10.0 Å². The summed E-state index contributed by atoms with van der Waals surface area (Å²) in [5.41, 5.74) is 7.60. The molecular formula is C21H31FN6O3. The minimum absolute atomic E-state index is 0.116. The number of carbonyl (C=O) groups is 1. The number of carbonyl (C=O) groups excluding carboxylic acids is 1. The summed E-state index contributed by atoms with van der Waals surface area (Å²) in [5.74, 6) is -0.0829. The van der Waals surface area contributed by atoms with Crippen molar-refractivity contribution < 1.29 is 13.9 Å². The van der Waals surface area contributed by atoms with Gasteiger partial charge < -0.3 is 19.1 Å². The summed E-state index contributed by atoms with van der Waals surface area (Å²) in [7, 11) is 0. The van der Waals surface area contributed by atoms with E-state index in [1.807, 2.05) is 30.6 Å². The second-order valence-corrected chi connectivity index (χ2v) is 9.36. The number of azide groups is 1. The van der Waals surface area contributed by atoms with Crippen LogP contribution >= 0.6 is 0 Å². The summed E-state index contributed by atoms with van der Waals surface area (Å²) < 4.78 is 21.5. The predicted octanol–water partition coefficient (Wildman–Crippen LogP) is 4.26. The van der Waals surface area contributed by atoms with Gasteiger partial charge in [0, 0.05) is 36.8 Å². The standard InChI is InChI=1S/C21H31FN6O3/c1-21(2,3)31-20(30)28(11-15-6-4-7-15)16-8-5-9-26(12-16)18-10-19(29)27(13-17(18)22)14-24-25-23/h10,13,15-16H,4-9,11-12,14H2,1-3H3. The molecule has 2 fully saturated rings. The molecule has 10 heteroatoms. The maximum Gasteiger partial charge on any atom is 0.410 e. The highest BCUT2D eigenvalue weighted by Gasteiger charge is 2.35. The number of amides is 1. The van der Waals surface area contributed by atoms with Gasteiger partial charge in [0.2, 0.25) is 0 Å². The Morgan fingerprint density at radius 1 is 1.35 bits per heavy atom. The zero-order valence-corrected chi connectivity index (χ0v) is 18.5. The van der Waals surface area contributed by atoms with Crippen LogP contribution in [0.15, 0.2) is 22.2 Å². The number of nitrogens with zero attached hydrogens (tertiary/aromatic N) is 6. The molecular weight excluding hydrogens is 403 g/mol. The molecule has 170 valence electrons. The number of hydrogen-bond donors (Lipinski definition) is 0. The number of ether oxygens (including phenoxy) is 1. The average molecular weight is 435 g/mol. The Balaban J connectivity index is 1.79. The van der Waals surface area contributed by atoms with E-state index in [1.54, 1.807) is 0 Å². The van der Waals surface area contributed by atoms with E-state index in [9.17, 15) is 14.0 Å². The monoisotopic (exact) mass is 434 g/mol. The number of aromatic nitrogens is 1. The third-order valence-corrected chi connectivity index (χ3v) is 5.82. The summed E-state index contributed by atoms with van der Waals surface area (Å²) in [4.78, 5) is 31.5. The summed E-state index contributed by atoms with van der Waals surface area (Å²) in [6.07, 6.45) is 5.70. The maximum atomic E-state index is 14.8. The number of hydrogen-bond acceptors (Lipinski definition) is 5. The van der Waals surface area contributed by atoms with Crippen LogP contribution in [0, 0.1) is 11.7 Å². The minimum Gasteiger partial charge on any atom is -0.444 e. The first kappa shape index (κ1) is 22.9. The van der Waals surface area contributed by atoms with E-state index in [0.717, 1.165) is 36.4 Å². The molecule has 1 aliphatic heterocycles. The molecule has 1 saturated carbocycles. The fraction of sp³-hybridized carbons (Fsp3) is 0.714. The molecule has 1 saturated heterocycles. The van der Waals surface area contributed by atoms with Crippen LogP contribution < -0.4 is 10.5 Å². The van der Waals surface area contributed by atoms with Gasteiger partial charge in [-0.1, -0.05) is 11.5 Å². The van der Waals surface area contributed by atoms with E-state index in [0.29, 0.717) is 25.6 Å². The van der Waals surface area contributed by atoms with Gasteiger partial charge in [0.25, 0.3) is 5.56 Å². The van der Waals surface area contributed by atoms with Crippen LogP contribution in [0.2, 0.25) is 0 Å². The van der Waals surface area contributed by atoms with Crippen molar-refractivity contribution >= 4 is 11.8 Å². The van der Waals surface area contributed by atoms with Crippen molar-refractivity contribution in [3.05, 3.63) is 38.9 Å². The Labute approximate surface area is 181 Å². The zero-order valence-electron chi connectivity index (χ0n) is 18.5. The van der Waals surface area contributed by atoms with Crippen LogP contribution in [0.3, 0.4) is 0 Å². The highest BCUT2D eigenvalue weighted by atomic mass is 19.1. The van der Waals surface area contributed by atoms with Crippen LogP contribution in [-0.2, 0) is 11.4 Å². The second kappa shape index (κ2) is 9.60. The fourth-order valence-electron chi connectivity index (χ4n) is 4.06. The Hall–Kier alpha value is -2.74. The molecule has 1 unspecified atom stereocenters. The second-order valence-electron chi connectivity index (χ2n) is 9.36. The zero-order chi connectivity index (χ0) is 22.6. The lowest BCUT2D eigenvalue weighted by Gasteiger charge is -2.43. The van der Waals surface area contributed by atoms with Crippen molar-refractivity contribution in [1.29, 1.82) is 0 Å². The van der Waals surface area contributed by atoms with Crippen LogP contribution in [0.5, 0.6) is 0 Å². The number of rotatable bonds is 6. The van der Waals surface area contributed by atoms with E-state index in [4.69, 9.17) is 10.3 Å². The molecule has 1 atom stereocenters. The molecule has 1 amide bonds. The molecule has 1 aliphatic carbocycles. The van der Waals surface area contributed by atoms with Gasteiger partial charge >= 0.3 is 6.09 Å². The minimum atomic E-state index is -0.591. The molecule has 0 aromatic carbocycles. The van der Waals surface area contributed by atoms with Gasteiger partial charge in [-0.2, -0.15) is 0 Å². The molecule has 1 aromatic rings. The van der Waals surface area contributed by atoms with Crippen molar-refractivity contribution in [2.45, 2.75) is 71.2 Å². The quantitative estimate of drug-likeness (QED) is 0.379. The van der Waals surface area contributed by atoms with Gasteiger partial charge in [-0.05, 0) is 57.9 Å². The van der Waals surface area contributed by atoms with E-state index in [-0.39, 0.29) is 24.5 Å². The highest BCUT2D eigenvalue weighted by molar-refractivity contribution is 5.69. The van der Waals surface area contributed by atoms with Crippen LogP contribution in [-0.4, -0.2) is 46.8 Å². The predicted molar refractivity (Wildman–Crippen MR) is 115 cm³/mol. The molecule has 2 heterocycles. The van der Waals surface area contributed by atoms with Crippen molar-refractivity contribution in [2.24, 2.45) is 11.0 Å². The topological polar surface area (TPSA) is 104 Å². The highest BCUT2D eigenvalue weighted by Crippen LogP contribution is 2.31. The molecule has 0 spiro atoms. The SMILES string of the molecule is CC(C)(C)OC(=O)N(CC1CCC1)C1CCCN(c2cc(=O)n(CN=[N+]=[N-])cc2F)C1. The Kier molecular flexibility index (Phi) is 7.10. The number of piperidine rings is 1. The molecule has 3 rings (SSSR count). The maximum absolute atomic E-state index is 14.8. The van der Waals surface area contributed by atoms with E-state index >= 15 is 0 Å². The van der Waals surface area contributed by atoms with E-state index < -0.39 is 17.0 Å². The van der Waals surface area contributed by atoms with Gasteiger partial charge in [-0.3, -0.25) is 4.79 Å². The van der Waals surface area contributed by atoms with Crippen molar-refractivity contribution in [3.8, 4) is 0 Å². The first-order valence-electron chi connectivity index (χ1n) is 10.8. The third-order valence-electron chi connectivity index (χ3n) is 5.82. The van der Waals surface area contributed by atoms with Gasteiger partial charge in [-0.25, -0.2) is 9.18 Å². The van der Waals surface area contributed by atoms with Gasteiger partial charge in [0.15, 0.2) is 5.82 Å². The lowest BCUT2D eigenvalue weighted by molar-refractivity contribution is 0.00735. The van der Waals surface area contributed by atoms with Gasteiger partial charge in [-0.15, -0.1) is 0 Å². The average Bonchev–Trinajstić information content (AvgIpc) is 2.66. The van der Waals surface area contributed by atoms with Crippen molar-refractivity contribution in [1.82, 2.24) is 9.47 Å². The Morgan fingerprint density at radius 3 is 2.71 bits per heavy atom. The molecule has 0 N–H and O–H groups in total. The summed E-state index contributed by atoms with van der Waals surface area (Å²) in [6.45, 7) is 6.95.